The lowest BCUT2D eigenvalue weighted by molar-refractivity contribution is 0.0240. The second-order valence-corrected chi connectivity index (χ2v) is 5.91. The first-order valence-electron chi connectivity index (χ1n) is 6.77. The Morgan fingerprint density at radius 2 is 2.20 bits per heavy atom. The second kappa shape index (κ2) is 5.67. The molecule has 1 amide bonds. The predicted molar refractivity (Wildman–Crippen MR) is 77.2 cm³/mol. The van der Waals surface area contributed by atoms with E-state index < -0.39 is 5.60 Å². The second-order valence-electron chi connectivity index (χ2n) is 5.91. The van der Waals surface area contributed by atoms with Gasteiger partial charge in [-0.1, -0.05) is 36.4 Å². The molecule has 4 heteroatoms. The molecule has 1 atom stereocenters. The van der Waals surface area contributed by atoms with Crippen LogP contribution in [0.4, 0.5) is 4.79 Å². The predicted octanol–water partition coefficient (Wildman–Crippen LogP) is 3.03. The highest BCUT2D eigenvalue weighted by molar-refractivity contribution is 5.70. The lowest BCUT2D eigenvalue weighted by Gasteiger charge is -2.28. The van der Waals surface area contributed by atoms with Crippen molar-refractivity contribution >= 4 is 6.09 Å². The molecule has 0 saturated carbocycles. The SMILES string of the molecule is CC(C)(C)OC(=O)N1CC=CC1c1cccc(CO)c1. The highest BCUT2D eigenvalue weighted by Crippen LogP contribution is 2.28. The van der Waals surface area contributed by atoms with Crippen molar-refractivity contribution in [2.45, 2.75) is 39.0 Å². The van der Waals surface area contributed by atoms with Crippen molar-refractivity contribution in [2.75, 3.05) is 6.54 Å². The number of nitrogens with zero attached hydrogens (tertiary/aromatic N) is 1. The number of carbonyl (C=O) groups is 1. The molecule has 108 valence electrons. The number of aliphatic hydroxyl groups is 1. The number of rotatable bonds is 2. The van der Waals surface area contributed by atoms with Gasteiger partial charge in [0.1, 0.15) is 5.60 Å². The summed E-state index contributed by atoms with van der Waals surface area (Å²) < 4.78 is 5.43. The van der Waals surface area contributed by atoms with Crippen LogP contribution in [-0.2, 0) is 11.3 Å². The summed E-state index contributed by atoms with van der Waals surface area (Å²) in [6, 6.07) is 7.49. The molecule has 20 heavy (non-hydrogen) atoms. The fraction of sp³-hybridized carbons (Fsp3) is 0.438. The van der Waals surface area contributed by atoms with Crippen molar-refractivity contribution in [2.24, 2.45) is 0 Å². The molecule has 1 N–H and O–H groups in total. The Kier molecular flexibility index (Phi) is 4.14. The average Bonchev–Trinajstić information content (AvgIpc) is 2.86. The first kappa shape index (κ1) is 14.6. The third kappa shape index (κ3) is 3.39. The lowest BCUT2D eigenvalue weighted by Crippen LogP contribution is -2.36. The van der Waals surface area contributed by atoms with Crippen LogP contribution in [-0.4, -0.2) is 28.2 Å². The zero-order chi connectivity index (χ0) is 14.8. The fourth-order valence-corrected chi connectivity index (χ4v) is 2.20. The van der Waals surface area contributed by atoms with Crippen molar-refractivity contribution in [3.8, 4) is 0 Å². The van der Waals surface area contributed by atoms with E-state index >= 15 is 0 Å². The van der Waals surface area contributed by atoms with E-state index in [1.165, 1.54) is 0 Å². The third-order valence-corrected chi connectivity index (χ3v) is 3.06. The number of aliphatic hydroxyl groups excluding tert-OH is 1. The summed E-state index contributed by atoms with van der Waals surface area (Å²) in [5.41, 5.74) is 1.32. The Morgan fingerprint density at radius 1 is 1.45 bits per heavy atom. The normalized spacial score (nSPS) is 18.4. The van der Waals surface area contributed by atoms with Crippen LogP contribution in [0.2, 0.25) is 0 Å². The maximum absolute atomic E-state index is 12.2. The molecule has 1 aromatic carbocycles. The van der Waals surface area contributed by atoms with Crippen LogP contribution in [0.5, 0.6) is 0 Å². The van der Waals surface area contributed by atoms with Gasteiger partial charge in [0.25, 0.3) is 0 Å². The minimum atomic E-state index is -0.503. The zero-order valence-corrected chi connectivity index (χ0v) is 12.2. The molecule has 1 aliphatic rings. The van der Waals surface area contributed by atoms with Gasteiger partial charge in [-0.05, 0) is 31.9 Å². The number of hydrogen-bond acceptors (Lipinski definition) is 3. The Labute approximate surface area is 119 Å². The average molecular weight is 275 g/mol. The van der Waals surface area contributed by atoms with E-state index in [4.69, 9.17) is 4.74 Å². The van der Waals surface area contributed by atoms with Gasteiger partial charge in [-0.2, -0.15) is 0 Å². The number of benzene rings is 1. The highest BCUT2D eigenvalue weighted by Gasteiger charge is 2.30. The number of ether oxygens (including phenoxy) is 1. The van der Waals surface area contributed by atoms with Crippen LogP contribution in [0.15, 0.2) is 36.4 Å². The molecule has 1 unspecified atom stereocenters. The van der Waals surface area contributed by atoms with E-state index in [2.05, 4.69) is 0 Å². The van der Waals surface area contributed by atoms with Crippen LogP contribution in [0.25, 0.3) is 0 Å². The molecule has 1 aliphatic heterocycles. The van der Waals surface area contributed by atoms with E-state index in [1.807, 2.05) is 57.2 Å². The summed E-state index contributed by atoms with van der Waals surface area (Å²) in [5.74, 6) is 0. The zero-order valence-electron chi connectivity index (χ0n) is 12.2. The summed E-state index contributed by atoms with van der Waals surface area (Å²) in [7, 11) is 0. The number of carbonyl (C=O) groups excluding carboxylic acids is 1. The molecule has 4 nitrogen and oxygen atoms in total. The summed E-state index contributed by atoms with van der Waals surface area (Å²) >= 11 is 0. The maximum Gasteiger partial charge on any atom is 0.411 e. The standard InChI is InChI=1S/C16H21NO3/c1-16(2,3)20-15(19)17-9-5-8-14(17)13-7-4-6-12(10-13)11-18/h4-8,10,14,18H,9,11H2,1-3H3. The largest absolute Gasteiger partial charge is 0.444 e. The smallest absolute Gasteiger partial charge is 0.411 e. The minimum absolute atomic E-state index is 0.00326. The maximum atomic E-state index is 12.2. The highest BCUT2D eigenvalue weighted by atomic mass is 16.6. The van der Waals surface area contributed by atoms with Crippen molar-refractivity contribution in [3.63, 3.8) is 0 Å². The number of amides is 1. The van der Waals surface area contributed by atoms with Gasteiger partial charge in [-0.3, -0.25) is 4.90 Å². The van der Waals surface area contributed by atoms with Crippen molar-refractivity contribution in [3.05, 3.63) is 47.5 Å². The Hall–Kier alpha value is -1.81. The van der Waals surface area contributed by atoms with Gasteiger partial charge in [0.05, 0.1) is 12.6 Å². The molecule has 0 radical (unpaired) electrons. The quantitative estimate of drug-likeness (QED) is 0.844. The molecular formula is C16H21NO3. The van der Waals surface area contributed by atoms with E-state index in [1.54, 1.807) is 4.90 Å². The van der Waals surface area contributed by atoms with E-state index in [0.29, 0.717) is 6.54 Å². The topological polar surface area (TPSA) is 49.8 Å². The van der Waals surface area contributed by atoms with Crippen LogP contribution < -0.4 is 0 Å². The first-order chi connectivity index (χ1) is 9.40. The molecule has 0 saturated heterocycles. The molecule has 0 fully saturated rings. The monoisotopic (exact) mass is 275 g/mol. The van der Waals surface area contributed by atoms with Crippen LogP contribution in [0.3, 0.4) is 0 Å². The molecule has 1 heterocycles. The van der Waals surface area contributed by atoms with Gasteiger partial charge in [0.15, 0.2) is 0 Å². The molecule has 0 bridgehead atoms. The van der Waals surface area contributed by atoms with E-state index in [9.17, 15) is 9.90 Å². The lowest BCUT2D eigenvalue weighted by atomic mass is 10.0. The van der Waals surface area contributed by atoms with Gasteiger partial charge in [-0.15, -0.1) is 0 Å². The van der Waals surface area contributed by atoms with Gasteiger partial charge in [0.2, 0.25) is 0 Å². The van der Waals surface area contributed by atoms with Gasteiger partial charge >= 0.3 is 6.09 Å². The molecule has 2 rings (SSSR count). The Bertz CT molecular complexity index is 517. The van der Waals surface area contributed by atoms with Gasteiger partial charge in [-0.25, -0.2) is 4.79 Å². The summed E-state index contributed by atoms with van der Waals surface area (Å²) in [6.45, 7) is 6.11. The first-order valence-corrected chi connectivity index (χ1v) is 6.77. The minimum Gasteiger partial charge on any atom is -0.444 e. The van der Waals surface area contributed by atoms with E-state index in [0.717, 1.165) is 11.1 Å². The van der Waals surface area contributed by atoms with Gasteiger partial charge < -0.3 is 9.84 Å². The molecule has 0 aliphatic carbocycles. The summed E-state index contributed by atoms with van der Waals surface area (Å²) in [4.78, 5) is 13.9. The molecule has 0 spiro atoms. The van der Waals surface area contributed by atoms with Crippen molar-refractivity contribution < 1.29 is 14.6 Å². The Balaban J connectivity index is 2.18. The number of hydrogen-bond donors (Lipinski definition) is 1. The summed E-state index contributed by atoms with van der Waals surface area (Å²) in [6.07, 6.45) is 3.63. The third-order valence-electron chi connectivity index (χ3n) is 3.06. The van der Waals surface area contributed by atoms with Crippen LogP contribution in [0, 0.1) is 0 Å². The molecule has 1 aromatic rings. The fourth-order valence-electron chi connectivity index (χ4n) is 2.20. The van der Waals surface area contributed by atoms with Crippen LogP contribution in [0.1, 0.15) is 37.9 Å². The Morgan fingerprint density at radius 3 is 2.85 bits per heavy atom. The van der Waals surface area contributed by atoms with Gasteiger partial charge in [0, 0.05) is 6.54 Å². The van der Waals surface area contributed by atoms with Crippen LogP contribution >= 0.6 is 0 Å². The molecule has 0 aromatic heterocycles. The van der Waals surface area contributed by atoms with Crippen molar-refractivity contribution in [1.82, 2.24) is 4.90 Å². The van der Waals surface area contributed by atoms with Crippen molar-refractivity contribution in [1.29, 1.82) is 0 Å². The summed E-state index contributed by atoms with van der Waals surface area (Å²) in [5, 5.41) is 9.21. The molecular weight excluding hydrogens is 254 g/mol. The van der Waals surface area contributed by atoms with E-state index in [-0.39, 0.29) is 18.7 Å².